The maximum Gasteiger partial charge on any atom is 0.0615 e. The average molecular weight is 259 g/mol. The monoisotopic (exact) mass is 259 g/mol. The predicted octanol–water partition coefficient (Wildman–Crippen LogP) is 3.45. The minimum absolute atomic E-state index is 0.0355. The number of benzene rings is 2. The molecular weight excluding hydrogens is 242 g/mol. The van der Waals surface area contributed by atoms with Gasteiger partial charge in [-0.15, -0.1) is 0 Å². The largest absolute Gasteiger partial charge is 0.398 e. The summed E-state index contributed by atoms with van der Waals surface area (Å²) in [6.45, 7) is 3.90. The molecule has 0 radical (unpaired) electrons. The van der Waals surface area contributed by atoms with Crippen molar-refractivity contribution in [2.24, 2.45) is 0 Å². The van der Waals surface area contributed by atoms with Gasteiger partial charge >= 0.3 is 0 Å². The summed E-state index contributed by atoms with van der Waals surface area (Å²) in [4.78, 5) is 0.825. The fraction of sp³-hybridized carbons (Fsp3) is 0.200. The maximum absolute atomic E-state index is 12.6. The molecular formula is C15H17NOS. The van der Waals surface area contributed by atoms with Gasteiger partial charge in [0.2, 0.25) is 0 Å². The Bertz CT molecular complexity index is 566. The van der Waals surface area contributed by atoms with E-state index < -0.39 is 10.8 Å². The number of nitrogens with two attached hydrogens (primary N) is 1. The molecule has 2 nitrogen and oxygen atoms in total. The fourth-order valence-electron chi connectivity index (χ4n) is 1.89. The summed E-state index contributed by atoms with van der Waals surface area (Å²) in [6.07, 6.45) is 0. The van der Waals surface area contributed by atoms with Crippen LogP contribution in [0.3, 0.4) is 0 Å². The summed E-state index contributed by atoms with van der Waals surface area (Å²) in [5, 5.41) is -0.0355. The second-order valence-electron chi connectivity index (χ2n) is 4.32. The van der Waals surface area contributed by atoms with E-state index in [1.54, 1.807) is 0 Å². The normalized spacial score (nSPS) is 14.1. The molecule has 0 aliphatic heterocycles. The molecule has 0 aliphatic carbocycles. The van der Waals surface area contributed by atoms with Crippen LogP contribution in [0.5, 0.6) is 0 Å². The van der Waals surface area contributed by atoms with Gasteiger partial charge in [-0.1, -0.05) is 36.4 Å². The Morgan fingerprint density at radius 1 is 1.06 bits per heavy atom. The van der Waals surface area contributed by atoms with Crippen molar-refractivity contribution >= 4 is 16.5 Å². The highest BCUT2D eigenvalue weighted by Gasteiger charge is 2.17. The van der Waals surface area contributed by atoms with Gasteiger partial charge in [-0.3, -0.25) is 4.21 Å². The van der Waals surface area contributed by atoms with Gasteiger partial charge in [0.05, 0.1) is 16.0 Å². The zero-order chi connectivity index (χ0) is 13.1. The average Bonchev–Trinajstić information content (AvgIpc) is 2.41. The number of hydrogen-bond acceptors (Lipinski definition) is 2. The lowest BCUT2D eigenvalue weighted by Gasteiger charge is -2.14. The summed E-state index contributed by atoms with van der Waals surface area (Å²) < 4.78 is 12.6. The van der Waals surface area contributed by atoms with E-state index in [1.165, 1.54) is 0 Å². The lowest BCUT2D eigenvalue weighted by atomic mass is 10.2. The first-order valence-electron chi connectivity index (χ1n) is 5.92. The predicted molar refractivity (Wildman–Crippen MR) is 76.9 cm³/mol. The van der Waals surface area contributed by atoms with Crippen LogP contribution in [0.4, 0.5) is 5.69 Å². The Labute approximate surface area is 110 Å². The van der Waals surface area contributed by atoms with E-state index in [9.17, 15) is 4.21 Å². The lowest BCUT2D eigenvalue weighted by Crippen LogP contribution is -2.05. The van der Waals surface area contributed by atoms with E-state index in [4.69, 9.17) is 5.73 Å². The van der Waals surface area contributed by atoms with Crippen LogP contribution >= 0.6 is 0 Å². The molecule has 0 aromatic heterocycles. The van der Waals surface area contributed by atoms with Gasteiger partial charge in [-0.2, -0.15) is 0 Å². The van der Waals surface area contributed by atoms with Gasteiger partial charge in [0.25, 0.3) is 0 Å². The topological polar surface area (TPSA) is 43.1 Å². The molecule has 2 aromatic carbocycles. The summed E-state index contributed by atoms with van der Waals surface area (Å²) >= 11 is 0. The Morgan fingerprint density at radius 2 is 1.72 bits per heavy atom. The molecule has 0 saturated heterocycles. The molecule has 3 heteroatoms. The minimum atomic E-state index is -1.08. The van der Waals surface area contributed by atoms with E-state index in [0.29, 0.717) is 5.69 Å². The molecule has 94 valence electrons. The van der Waals surface area contributed by atoms with Crippen LogP contribution in [-0.4, -0.2) is 4.21 Å². The molecule has 18 heavy (non-hydrogen) atoms. The minimum Gasteiger partial charge on any atom is -0.398 e. The van der Waals surface area contributed by atoms with Crippen molar-refractivity contribution in [1.82, 2.24) is 0 Å². The SMILES string of the molecule is Cc1c(N)cccc1S(=O)C(C)c1ccccc1. The third kappa shape index (κ3) is 2.46. The molecule has 0 amide bonds. The van der Waals surface area contributed by atoms with Crippen LogP contribution in [-0.2, 0) is 10.8 Å². The van der Waals surface area contributed by atoms with E-state index in [2.05, 4.69) is 0 Å². The van der Waals surface area contributed by atoms with E-state index in [1.807, 2.05) is 62.4 Å². The highest BCUT2D eigenvalue weighted by atomic mass is 32.2. The summed E-state index contributed by atoms with van der Waals surface area (Å²) in [5.41, 5.74) is 8.55. The molecule has 0 saturated carbocycles. The Morgan fingerprint density at radius 3 is 2.39 bits per heavy atom. The van der Waals surface area contributed by atoms with Crippen LogP contribution < -0.4 is 5.73 Å². The van der Waals surface area contributed by atoms with Gasteiger partial charge in [-0.05, 0) is 37.1 Å². The Balaban J connectivity index is 2.35. The van der Waals surface area contributed by atoms with Crippen molar-refractivity contribution in [2.75, 3.05) is 5.73 Å². The van der Waals surface area contributed by atoms with Crippen molar-refractivity contribution in [2.45, 2.75) is 24.0 Å². The number of hydrogen-bond donors (Lipinski definition) is 1. The summed E-state index contributed by atoms with van der Waals surface area (Å²) in [7, 11) is -1.08. The van der Waals surface area contributed by atoms with E-state index in [0.717, 1.165) is 16.0 Å². The molecule has 2 unspecified atom stereocenters. The van der Waals surface area contributed by atoms with Gasteiger partial charge in [0, 0.05) is 10.6 Å². The summed E-state index contributed by atoms with van der Waals surface area (Å²) in [6, 6.07) is 15.5. The third-order valence-electron chi connectivity index (χ3n) is 3.13. The first-order valence-corrected chi connectivity index (χ1v) is 7.13. The smallest absolute Gasteiger partial charge is 0.0615 e. The maximum atomic E-state index is 12.6. The zero-order valence-corrected chi connectivity index (χ0v) is 11.4. The Kier molecular flexibility index (Phi) is 3.82. The first kappa shape index (κ1) is 12.8. The molecule has 2 aromatic rings. The summed E-state index contributed by atoms with van der Waals surface area (Å²) in [5.74, 6) is 0. The van der Waals surface area contributed by atoms with Crippen LogP contribution in [0.25, 0.3) is 0 Å². The molecule has 2 rings (SSSR count). The van der Waals surface area contributed by atoms with Gasteiger partial charge in [-0.25, -0.2) is 0 Å². The van der Waals surface area contributed by atoms with Crippen molar-refractivity contribution in [1.29, 1.82) is 0 Å². The Hall–Kier alpha value is -1.61. The quantitative estimate of drug-likeness (QED) is 0.858. The van der Waals surface area contributed by atoms with Gasteiger partial charge < -0.3 is 5.73 Å². The van der Waals surface area contributed by atoms with Crippen LogP contribution in [0.2, 0.25) is 0 Å². The molecule has 2 atom stereocenters. The van der Waals surface area contributed by atoms with Crippen molar-refractivity contribution < 1.29 is 4.21 Å². The molecule has 0 aliphatic rings. The van der Waals surface area contributed by atoms with Crippen molar-refractivity contribution in [3.05, 3.63) is 59.7 Å². The second-order valence-corrected chi connectivity index (χ2v) is 6.06. The molecule has 0 fully saturated rings. The molecule has 2 N–H and O–H groups in total. The van der Waals surface area contributed by atoms with Crippen LogP contribution in [0, 0.1) is 6.92 Å². The zero-order valence-electron chi connectivity index (χ0n) is 10.6. The second kappa shape index (κ2) is 5.36. The number of rotatable bonds is 3. The van der Waals surface area contributed by atoms with Gasteiger partial charge in [0.1, 0.15) is 0 Å². The van der Waals surface area contributed by atoms with E-state index in [-0.39, 0.29) is 5.25 Å². The third-order valence-corrected chi connectivity index (χ3v) is 4.92. The lowest BCUT2D eigenvalue weighted by molar-refractivity contribution is 0.675. The fourth-order valence-corrected chi connectivity index (χ4v) is 3.31. The first-order chi connectivity index (χ1) is 8.61. The molecule has 0 bridgehead atoms. The van der Waals surface area contributed by atoms with E-state index >= 15 is 0 Å². The van der Waals surface area contributed by atoms with Crippen molar-refractivity contribution in [3.8, 4) is 0 Å². The number of nitrogen functional groups attached to an aromatic ring is 1. The molecule has 0 heterocycles. The highest BCUT2D eigenvalue weighted by molar-refractivity contribution is 7.85. The highest BCUT2D eigenvalue weighted by Crippen LogP contribution is 2.28. The number of anilines is 1. The van der Waals surface area contributed by atoms with Gasteiger partial charge in [0.15, 0.2) is 0 Å². The van der Waals surface area contributed by atoms with Crippen molar-refractivity contribution in [3.63, 3.8) is 0 Å². The standard InChI is InChI=1S/C15H17NOS/c1-11-14(16)9-6-10-15(11)18(17)12(2)13-7-4-3-5-8-13/h3-10,12H,16H2,1-2H3. The molecule has 0 spiro atoms. The van der Waals surface area contributed by atoms with Crippen LogP contribution in [0.1, 0.15) is 23.3 Å². The van der Waals surface area contributed by atoms with Crippen LogP contribution in [0.15, 0.2) is 53.4 Å².